The minimum Gasteiger partial charge on any atom is -0.311 e. The molecule has 0 aliphatic rings. The van der Waals surface area contributed by atoms with Crippen molar-refractivity contribution < 1.29 is 0 Å². The molecule has 0 aliphatic carbocycles. The van der Waals surface area contributed by atoms with Gasteiger partial charge in [-0.3, -0.25) is 0 Å². The fraction of sp³-hybridized carbons (Fsp3) is 0.273. The normalized spacial score (nSPS) is 12.6. The molecule has 0 amide bonds. The highest BCUT2D eigenvalue weighted by atomic mass is 79.9. The number of hydrogen-bond acceptors (Lipinski definition) is 4. The molecule has 1 N–H and O–H groups in total. The zero-order chi connectivity index (χ0) is 11.4. The highest BCUT2D eigenvalue weighted by Crippen LogP contribution is 2.22. The molecule has 0 radical (unpaired) electrons. The van der Waals surface area contributed by atoms with E-state index < -0.39 is 0 Å². The lowest BCUT2D eigenvalue weighted by molar-refractivity contribution is 0.573. The van der Waals surface area contributed by atoms with E-state index in [-0.39, 0.29) is 6.04 Å². The summed E-state index contributed by atoms with van der Waals surface area (Å²) < 4.78 is 5.03. The van der Waals surface area contributed by atoms with Crippen LogP contribution >= 0.6 is 27.5 Å². The molecule has 3 nitrogen and oxygen atoms in total. The van der Waals surface area contributed by atoms with Gasteiger partial charge < -0.3 is 5.32 Å². The van der Waals surface area contributed by atoms with Crippen molar-refractivity contribution in [2.24, 2.45) is 0 Å². The van der Waals surface area contributed by atoms with Gasteiger partial charge in [-0.05, 0) is 36.6 Å². The Morgan fingerprint density at radius 2 is 2.25 bits per heavy atom. The molecule has 0 fully saturated rings. The van der Waals surface area contributed by atoms with Crippen LogP contribution in [0.4, 0.5) is 0 Å². The number of halogens is 1. The summed E-state index contributed by atoms with van der Waals surface area (Å²) in [6, 6.07) is 8.46. The fourth-order valence-corrected chi connectivity index (χ4v) is 2.52. The van der Waals surface area contributed by atoms with E-state index in [1.165, 1.54) is 17.1 Å². The molecule has 1 atom stereocenters. The predicted octanol–water partition coefficient (Wildman–Crippen LogP) is 2.80. The number of likely N-dealkylation sites (N-methyl/N-ethyl adjacent to an activating group) is 1. The van der Waals surface area contributed by atoms with Gasteiger partial charge in [0.2, 0.25) is 0 Å². The molecule has 1 heterocycles. The lowest BCUT2D eigenvalue weighted by atomic mass is 10.0. The average Bonchev–Trinajstić information content (AvgIpc) is 2.81. The second-order valence-electron chi connectivity index (χ2n) is 3.47. The van der Waals surface area contributed by atoms with E-state index >= 15 is 0 Å². The van der Waals surface area contributed by atoms with Gasteiger partial charge in [-0.15, -0.1) is 5.10 Å². The second kappa shape index (κ2) is 5.52. The van der Waals surface area contributed by atoms with Crippen molar-refractivity contribution in [2.45, 2.75) is 12.5 Å². The zero-order valence-electron chi connectivity index (χ0n) is 8.85. The lowest BCUT2D eigenvalue weighted by Crippen LogP contribution is -2.19. The van der Waals surface area contributed by atoms with Crippen molar-refractivity contribution in [1.29, 1.82) is 0 Å². The molecule has 2 rings (SSSR count). The maximum Gasteiger partial charge on any atom is 0.0928 e. The predicted molar refractivity (Wildman–Crippen MR) is 69.6 cm³/mol. The van der Waals surface area contributed by atoms with Gasteiger partial charge in [-0.2, -0.15) is 0 Å². The van der Waals surface area contributed by atoms with Crippen LogP contribution < -0.4 is 5.32 Å². The molecule has 0 spiro atoms. The first-order valence-corrected chi connectivity index (χ1v) is 6.62. The van der Waals surface area contributed by atoms with E-state index in [0.717, 1.165) is 16.6 Å². The lowest BCUT2D eigenvalue weighted by Gasteiger charge is -2.14. The van der Waals surface area contributed by atoms with Crippen molar-refractivity contribution in [2.75, 3.05) is 7.05 Å². The van der Waals surface area contributed by atoms with Crippen LogP contribution in [-0.2, 0) is 6.42 Å². The fourth-order valence-electron chi connectivity index (χ4n) is 1.56. The standard InChI is InChI=1S/C11H12BrN3S/c1-13-10(11-7-16-15-14-11)6-8-4-2-3-5-9(8)12/h2-5,7,10,13H,6H2,1H3. The highest BCUT2D eigenvalue weighted by Gasteiger charge is 2.13. The van der Waals surface area contributed by atoms with E-state index in [1.54, 1.807) is 0 Å². The van der Waals surface area contributed by atoms with E-state index in [9.17, 15) is 0 Å². The third-order valence-corrected chi connectivity index (χ3v) is 3.76. The third-order valence-electron chi connectivity index (χ3n) is 2.46. The smallest absolute Gasteiger partial charge is 0.0928 e. The molecule has 5 heteroatoms. The van der Waals surface area contributed by atoms with Crippen LogP contribution in [0, 0.1) is 0 Å². The Labute approximate surface area is 107 Å². The van der Waals surface area contributed by atoms with E-state index in [0.29, 0.717) is 0 Å². The van der Waals surface area contributed by atoms with E-state index in [4.69, 9.17) is 0 Å². The highest BCUT2D eigenvalue weighted by molar-refractivity contribution is 9.10. The molecular weight excluding hydrogens is 286 g/mol. The summed E-state index contributed by atoms with van der Waals surface area (Å²) in [4.78, 5) is 0. The summed E-state index contributed by atoms with van der Waals surface area (Å²) >= 11 is 4.94. The van der Waals surface area contributed by atoms with Crippen LogP contribution in [0.25, 0.3) is 0 Å². The number of aromatic nitrogens is 2. The maximum absolute atomic E-state index is 4.10. The van der Waals surface area contributed by atoms with Crippen molar-refractivity contribution in [3.05, 3.63) is 45.4 Å². The van der Waals surface area contributed by atoms with Gasteiger partial charge in [0.25, 0.3) is 0 Å². The first kappa shape index (κ1) is 11.7. The third kappa shape index (κ3) is 2.66. The molecule has 1 aromatic carbocycles. The monoisotopic (exact) mass is 297 g/mol. The Morgan fingerprint density at radius 1 is 1.44 bits per heavy atom. The van der Waals surface area contributed by atoms with E-state index in [1.807, 2.05) is 24.6 Å². The Balaban J connectivity index is 2.17. The van der Waals surface area contributed by atoms with Gasteiger partial charge >= 0.3 is 0 Å². The summed E-state index contributed by atoms with van der Waals surface area (Å²) in [7, 11) is 1.95. The molecule has 0 bridgehead atoms. The Hall–Kier alpha value is -0.780. The molecule has 1 unspecified atom stereocenters. The molecule has 0 aliphatic heterocycles. The molecule has 0 saturated carbocycles. The van der Waals surface area contributed by atoms with Gasteiger partial charge in [0.15, 0.2) is 0 Å². The van der Waals surface area contributed by atoms with Crippen LogP contribution in [0.5, 0.6) is 0 Å². The summed E-state index contributed by atoms with van der Waals surface area (Å²) in [5.74, 6) is 0. The zero-order valence-corrected chi connectivity index (χ0v) is 11.3. The van der Waals surface area contributed by atoms with Gasteiger partial charge in [-0.1, -0.05) is 38.6 Å². The van der Waals surface area contributed by atoms with E-state index in [2.05, 4.69) is 43.0 Å². The summed E-state index contributed by atoms with van der Waals surface area (Å²) in [5, 5.41) is 9.35. The molecule has 84 valence electrons. The second-order valence-corrected chi connectivity index (χ2v) is 4.93. The summed E-state index contributed by atoms with van der Waals surface area (Å²) in [6.45, 7) is 0. The summed E-state index contributed by atoms with van der Waals surface area (Å²) in [5.41, 5.74) is 2.28. The van der Waals surface area contributed by atoms with Crippen LogP contribution in [0.15, 0.2) is 34.1 Å². The van der Waals surface area contributed by atoms with Crippen LogP contribution in [0.3, 0.4) is 0 Å². The number of rotatable bonds is 4. The first-order valence-electron chi connectivity index (χ1n) is 4.99. The minimum atomic E-state index is 0.220. The number of hydrogen-bond donors (Lipinski definition) is 1. The van der Waals surface area contributed by atoms with Gasteiger partial charge in [0.1, 0.15) is 0 Å². The maximum atomic E-state index is 4.10. The molecule has 1 aromatic heterocycles. The largest absolute Gasteiger partial charge is 0.311 e. The first-order chi connectivity index (χ1) is 7.81. The molecule has 2 aromatic rings. The van der Waals surface area contributed by atoms with Gasteiger partial charge in [0.05, 0.1) is 11.7 Å². The van der Waals surface area contributed by atoms with Crippen molar-refractivity contribution in [3.63, 3.8) is 0 Å². The Morgan fingerprint density at radius 3 is 2.88 bits per heavy atom. The average molecular weight is 298 g/mol. The van der Waals surface area contributed by atoms with Crippen LogP contribution in [0.2, 0.25) is 0 Å². The number of benzene rings is 1. The number of nitrogens with one attached hydrogen (secondary N) is 1. The van der Waals surface area contributed by atoms with Gasteiger partial charge in [0, 0.05) is 9.85 Å². The SMILES string of the molecule is CNC(Cc1ccccc1Br)c1csnn1. The molecular formula is C11H12BrN3S. The summed E-state index contributed by atoms with van der Waals surface area (Å²) in [6.07, 6.45) is 0.906. The van der Waals surface area contributed by atoms with Crippen molar-refractivity contribution >= 4 is 27.5 Å². The van der Waals surface area contributed by atoms with Gasteiger partial charge in [-0.25, -0.2) is 0 Å². The topological polar surface area (TPSA) is 37.8 Å². The Bertz CT molecular complexity index is 444. The Kier molecular flexibility index (Phi) is 4.04. The van der Waals surface area contributed by atoms with Crippen LogP contribution in [0.1, 0.15) is 17.3 Å². The number of nitrogens with zero attached hydrogens (tertiary/aromatic N) is 2. The molecule has 0 saturated heterocycles. The quantitative estimate of drug-likeness (QED) is 0.943. The molecule has 16 heavy (non-hydrogen) atoms. The van der Waals surface area contributed by atoms with Crippen LogP contribution in [-0.4, -0.2) is 16.6 Å². The van der Waals surface area contributed by atoms with Crippen molar-refractivity contribution in [3.8, 4) is 0 Å². The minimum absolute atomic E-state index is 0.220. The van der Waals surface area contributed by atoms with Crippen molar-refractivity contribution in [1.82, 2.24) is 14.9 Å².